The number of tetrazole rings is 1. The van der Waals surface area contributed by atoms with Gasteiger partial charge in [0, 0.05) is 18.4 Å². The fourth-order valence-electron chi connectivity index (χ4n) is 3.84. The first-order valence-corrected chi connectivity index (χ1v) is 9.44. The van der Waals surface area contributed by atoms with E-state index in [0.717, 1.165) is 49.2 Å². The number of hydrogen-bond donors (Lipinski definition) is 1. The quantitative estimate of drug-likeness (QED) is 0.663. The second-order valence-corrected chi connectivity index (χ2v) is 7.24. The Kier molecular flexibility index (Phi) is 5.31. The Morgan fingerprint density at radius 1 is 0.966 bits per heavy atom. The van der Waals surface area contributed by atoms with Crippen LogP contribution in [0.4, 0.5) is 17.6 Å². The van der Waals surface area contributed by atoms with E-state index in [1.165, 1.54) is 29.2 Å². The molecule has 1 aliphatic rings. The van der Waals surface area contributed by atoms with Gasteiger partial charge in [-0.05, 0) is 40.3 Å². The van der Waals surface area contributed by atoms with E-state index in [1.54, 1.807) is 16.8 Å². The van der Waals surface area contributed by atoms with Gasteiger partial charge in [0.25, 0.3) is 0 Å². The fourth-order valence-corrected chi connectivity index (χ4v) is 3.84. The van der Waals surface area contributed by atoms with Crippen LogP contribution in [0.25, 0.3) is 0 Å². The summed E-state index contributed by atoms with van der Waals surface area (Å²) in [6, 6.07) is 11.0. The maximum atomic E-state index is 13.2. The second-order valence-electron chi connectivity index (χ2n) is 7.24. The molecule has 0 radical (unpaired) electrons. The van der Waals surface area contributed by atoms with Gasteiger partial charge in [0.05, 0.1) is 25.2 Å². The van der Waals surface area contributed by atoms with E-state index in [4.69, 9.17) is 0 Å². The topological polar surface area (TPSA) is 48.0 Å². The van der Waals surface area contributed by atoms with E-state index < -0.39 is 11.7 Å². The average Bonchev–Trinajstić information content (AvgIpc) is 3.37. The minimum absolute atomic E-state index is 0.268. The summed E-state index contributed by atoms with van der Waals surface area (Å²) in [5.41, 5.74) is 0.898. The molecule has 1 fully saturated rings. The van der Waals surface area contributed by atoms with Crippen molar-refractivity contribution in [1.29, 1.82) is 0 Å². The van der Waals surface area contributed by atoms with E-state index in [-0.39, 0.29) is 11.9 Å². The molecule has 0 unspecified atom stereocenters. The van der Waals surface area contributed by atoms with Gasteiger partial charge in [-0.1, -0.05) is 24.3 Å². The Balaban J connectivity index is 1.68. The summed E-state index contributed by atoms with van der Waals surface area (Å²) in [6.45, 7) is 2.15. The third-order valence-corrected chi connectivity index (χ3v) is 5.29. The number of quaternary nitrogens is 1. The summed E-state index contributed by atoms with van der Waals surface area (Å²) in [5, 5.41) is 12.1. The number of likely N-dealkylation sites (tertiary alicyclic amines) is 1. The van der Waals surface area contributed by atoms with Crippen LogP contribution in [0.1, 0.15) is 41.4 Å². The van der Waals surface area contributed by atoms with Crippen molar-refractivity contribution >= 4 is 0 Å². The van der Waals surface area contributed by atoms with Crippen molar-refractivity contribution in [3.8, 4) is 0 Å². The third kappa shape index (κ3) is 4.29. The van der Waals surface area contributed by atoms with Crippen LogP contribution in [-0.4, -0.2) is 33.3 Å². The highest BCUT2D eigenvalue weighted by atomic mass is 19.4. The first-order valence-electron chi connectivity index (χ1n) is 9.44. The largest absolute Gasteiger partial charge is 0.416 e. The van der Waals surface area contributed by atoms with E-state index in [0.29, 0.717) is 12.4 Å². The number of benzene rings is 2. The van der Waals surface area contributed by atoms with Crippen LogP contribution in [0.3, 0.4) is 0 Å². The molecule has 0 aliphatic carbocycles. The van der Waals surface area contributed by atoms with Crippen molar-refractivity contribution in [3.05, 3.63) is 76.9 Å². The van der Waals surface area contributed by atoms with Crippen molar-refractivity contribution in [2.24, 2.45) is 0 Å². The molecular weight excluding hydrogens is 386 g/mol. The molecule has 2 heterocycles. The average molecular weight is 406 g/mol. The summed E-state index contributed by atoms with van der Waals surface area (Å²) in [4.78, 5) is 1.22. The van der Waals surface area contributed by atoms with Crippen molar-refractivity contribution in [2.75, 3.05) is 13.1 Å². The van der Waals surface area contributed by atoms with Gasteiger partial charge >= 0.3 is 6.18 Å². The first-order chi connectivity index (χ1) is 13.9. The van der Waals surface area contributed by atoms with Crippen LogP contribution < -0.4 is 4.90 Å². The van der Waals surface area contributed by atoms with Gasteiger partial charge in [0.15, 0.2) is 6.04 Å². The maximum absolute atomic E-state index is 13.2. The summed E-state index contributed by atoms with van der Waals surface area (Å²) in [7, 11) is 0. The lowest BCUT2D eigenvalue weighted by Gasteiger charge is -2.24. The van der Waals surface area contributed by atoms with E-state index in [9.17, 15) is 17.6 Å². The molecule has 1 aromatic heterocycles. The highest BCUT2D eigenvalue weighted by Crippen LogP contribution is 2.30. The van der Waals surface area contributed by atoms with Gasteiger partial charge in [-0.25, -0.2) is 9.07 Å². The highest BCUT2D eigenvalue weighted by molar-refractivity contribution is 5.29. The molecule has 5 nitrogen and oxygen atoms in total. The standard InChI is InChI=1S/C20H19F4N5/c21-17-9-3-14(4-10-17)13-29-19(25-26-27-29)18(28-11-1-2-12-28)15-5-7-16(8-6-15)20(22,23)24/h3-10,18H,1-2,11-13H2/p+1/t18-/m0/s1. The Morgan fingerprint density at radius 3 is 2.24 bits per heavy atom. The van der Waals surface area contributed by atoms with E-state index in [2.05, 4.69) is 15.5 Å². The van der Waals surface area contributed by atoms with Crippen molar-refractivity contribution < 1.29 is 22.5 Å². The highest BCUT2D eigenvalue weighted by Gasteiger charge is 2.35. The molecular formula is C20H20F4N5+. The molecule has 3 aromatic rings. The van der Waals surface area contributed by atoms with Gasteiger partial charge in [0.1, 0.15) is 5.82 Å². The molecule has 0 spiro atoms. The van der Waals surface area contributed by atoms with Gasteiger partial charge < -0.3 is 4.90 Å². The molecule has 152 valence electrons. The number of nitrogens with zero attached hydrogens (tertiary/aromatic N) is 4. The number of rotatable bonds is 5. The van der Waals surface area contributed by atoms with E-state index >= 15 is 0 Å². The second kappa shape index (κ2) is 7.90. The molecule has 4 rings (SSSR count). The lowest BCUT2D eigenvalue weighted by molar-refractivity contribution is -0.914. The normalized spacial score (nSPS) is 16.3. The van der Waals surface area contributed by atoms with Gasteiger partial charge in [-0.15, -0.1) is 5.10 Å². The number of aromatic nitrogens is 4. The van der Waals surface area contributed by atoms with Gasteiger partial charge in [-0.3, -0.25) is 0 Å². The van der Waals surface area contributed by atoms with Crippen LogP contribution in [0.15, 0.2) is 48.5 Å². The number of halogens is 4. The first kappa shape index (κ1) is 19.5. The molecule has 0 bridgehead atoms. The molecule has 1 aliphatic heterocycles. The summed E-state index contributed by atoms with van der Waals surface area (Å²) in [6.07, 6.45) is -2.28. The molecule has 0 saturated carbocycles. The van der Waals surface area contributed by atoms with Crippen LogP contribution in [-0.2, 0) is 12.7 Å². The molecule has 0 amide bonds. The van der Waals surface area contributed by atoms with Crippen LogP contribution in [0.2, 0.25) is 0 Å². The zero-order valence-electron chi connectivity index (χ0n) is 15.5. The molecule has 2 aromatic carbocycles. The minimum atomic E-state index is -4.38. The van der Waals surface area contributed by atoms with Gasteiger partial charge in [0.2, 0.25) is 5.82 Å². The smallest absolute Gasteiger partial charge is 0.322 e. The molecule has 29 heavy (non-hydrogen) atoms. The third-order valence-electron chi connectivity index (χ3n) is 5.29. The van der Waals surface area contributed by atoms with Crippen molar-refractivity contribution in [2.45, 2.75) is 31.6 Å². The Hall–Kier alpha value is -2.81. The molecule has 1 N–H and O–H groups in total. The fraction of sp³-hybridized carbons (Fsp3) is 0.350. The predicted molar refractivity (Wildman–Crippen MR) is 96.5 cm³/mol. The number of hydrogen-bond acceptors (Lipinski definition) is 3. The van der Waals surface area contributed by atoms with Crippen LogP contribution in [0.5, 0.6) is 0 Å². The lowest BCUT2D eigenvalue weighted by atomic mass is 10.0. The molecule has 9 heteroatoms. The van der Waals surface area contributed by atoms with Gasteiger partial charge in [-0.2, -0.15) is 13.2 Å². The Morgan fingerprint density at radius 2 is 1.62 bits per heavy atom. The SMILES string of the molecule is Fc1ccc(Cn2nnnc2[C@H](c2ccc(C(F)(F)F)cc2)[NH+]2CCCC2)cc1. The van der Waals surface area contributed by atoms with Crippen LogP contribution >= 0.6 is 0 Å². The monoisotopic (exact) mass is 406 g/mol. The van der Waals surface area contributed by atoms with Crippen molar-refractivity contribution in [3.63, 3.8) is 0 Å². The predicted octanol–water partition coefficient (Wildman–Crippen LogP) is 2.65. The Labute approximate surface area is 164 Å². The number of alkyl halides is 3. The summed E-state index contributed by atoms with van der Waals surface area (Å²) in [5.74, 6) is 0.265. The summed E-state index contributed by atoms with van der Waals surface area (Å²) >= 11 is 0. The zero-order chi connectivity index (χ0) is 20.4. The lowest BCUT2D eigenvalue weighted by Crippen LogP contribution is -3.10. The maximum Gasteiger partial charge on any atom is 0.416 e. The minimum Gasteiger partial charge on any atom is -0.322 e. The number of nitrogens with one attached hydrogen (secondary N) is 1. The summed E-state index contributed by atoms with van der Waals surface area (Å²) < 4.78 is 53.7. The molecule has 1 saturated heterocycles. The van der Waals surface area contributed by atoms with Crippen molar-refractivity contribution in [1.82, 2.24) is 20.2 Å². The zero-order valence-corrected chi connectivity index (χ0v) is 15.5. The molecule has 1 atom stereocenters. The van der Waals surface area contributed by atoms with E-state index in [1.807, 2.05) is 0 Å². The van der Waals surface area contributed by atoms with Crippen LogP contribution in [0, 0.1) is 5.82 Å². The Bertz CT molecular complexity index is 944.